The lowest BCUT2D eigenvalue weighted by Gasteiger charge is -2.06. The van der Waals surface area contributed by atoms with E-state index < -0.39 is 5.97 Å². The topological polar surface area (TPSA) is 46.5 Å². The Labute approximate surface area is 103 Å². The largest absolute Gasteiger partial charge is 0.497 e. The van der Waals surface area contributed by atoms with E-state index in [-0.39, 0.29) is 5.56 Å². The lowest BCUT2D eigenvalue weighted by molar-refractivity contribution is 0.0697. The van der Waals surface area contributed by atoms with Crippen molar-refractivity contribution in [1.82, 2.24) is 0 Å². The van der Waals surface area contributed by atoms with E-state index in [0.29, 0.717) is 5.75 Å². The molecule has 1 heterocycles. The maximum absolute atomic E-state index is 11.2. The van der Waals surface area contributed by atoms with Crippen molar-refractivity contribution in [2.24, 2.45) is 0 Å². The Morgan fingerprint density at radius 1 is 1.35 bits per heavy atom. The molecule has 2 rings (SSSR count). The molecule has 0 amide bonds. The molecule has 17 heavy (non-hydrogen) atoms. The molecule has 0 unspecified atom stereocenters. The number of methoxy groups -OCH3 is 1. The number of carbonyl (C=O) groups is 1. The molecule has 0 saturated carbocycles. The molecule has 0 aliphatic heterocycles. The van der Waals surface area contributed by atoms with E-state index in [0.717, 1.165) is 16.0 Å². The second-order valence-electron chi connectivity index (χ2n) is 3.66. The first-order chi connectivity index (χ1) is 8.11. The SMILES string of the molecule is COc1ccc(-c2csc(C)c2)c(C(=O)O)c1. The quantitative estimate of drug-likeness (QED) is 0.905. The summed E-state index contributed by atoms with van der Waals surface area (Å²) in [7, 11) is 1.52. The molecule has 1 aromatic heterocycles. The number of aryl methyl sites for hydroxylation is 1. The predicted octanol–water partition coefficient (Wildman–Crippen LogP) is 3.43. The molecule has 3 nitrogen and oxygen atoms in total. The van der Waals surface area contributed by atoms with Gasteiger partial charge in [-0.05, 0) is 47.7 Å². The van der Waals surface area contributed by atoms with Gasteiger partial charge in [-0.1, -0.05) is 0 Å². The monoisotopic (exact) mass is 248 g/mol. The number of hydrogen-bond donors (Lipinski definition) is 1. The van der Waals surface area contributed by atoms with E-state index >= 15 is 0 Å². The lowest BCUT2D eigenvalue weighted by Crippen LogP contribution is -2.00. The summed E-state index contributed by atoms with van der Waals surface area (Å²) in [6.07, 6.45) is 0. The van der Waals surface area contributed by atoms with Crippen LogP contribution in [0.5, 0.6) is 5.75 Å². The van der Waals surface area contributed by atoms with Gasteiger partial charge < -0.3 is 9.84 Å². The molecule has 0 spiro atoms. The molecular formula is C13H12O3S. The summed E-state index contributed by atoms with van der Waals surface area (Å²) < 4.78 is 5.04. The van der Waals surface area contributed by atoms with Gasteiger partial charge in [-0.2, -0.15) is 0 Å². The molecule has 0 radical (unpaired) electrons. The highest BCUT2D eigenvalue weighted by atomic mass is 32.1. The molecule has 0 fully saturated rings. The Hall–Kier alpha value is -1.81. The number of carboxylic acids is 1. The van der Waals surface area contributed by atoms with Crippen LogP contribution in [0.15, 0.2) is 29.6 Å². The van der Waals surface area contributed by atoms with Gasteiger partial charge in [0.05, 0.1) is 12.7 Å². The van der Waals surface area contributed by atoms with Crippen molar-refractivity contribution in [2.45, 2.75) is 6.92 Å². The van der Waals surface area contributed by atoms with Gasteiger partial charge in [-0.25, -0.2) is 4.79 Å². The third-order valence-corrected chi connectivity index (χ3v) is 3.36. The maximum atomic E-state index is 11.2. The molecule has 0 atom stereocenters. The van der Waals surface area contributed by atoms with Crippen molar-refractivity contribution in [3.63, 3.8) is 0 Å². The van der Waals surface area contributed by atoms with Crippen LogP contribution in [0.1, 0.15) is 15.2 Å². The fourth-order valence-corrected chi connectivity index (χ4v) is 2.37. The van der Waals surface area contributed by atoms with Crippen LogP contribution in [-0.2, 0) is 0 Å². The summed E-state index contributed by atoms with van der Waals surface area (Å²) in [5.41, 5.74) is 1.93. The first kappa shape index (κ1) is 11.7. The third-order valence-electron chi connectivity index (χ3n) is 2.50. The zero-order valence-electron chi connectivity index (χ0n) is 9.56. The standard InChI is InChI=1S/C13H12O3S/c1-8-5-9(7-17-8)11-4-3-10(16-2)6-12(11)13(14)15/h3-7H,1-2H3,(H,14,15). The minimum Gasteiger partial charge on any atom is -0.497 e. The summed E-state index contributed by atoms with van der Waals surface area (Å²) >= 11 is 1.61. The normalized spacial score (nSPS) is 10.2. The molecular weight excluding hydrogens is 236 g/mol. The molecule has 0 aliphatic carbocycles. The van der Waals surface area contributed by atoms with E-state index in [1.807, 2.05) is 18.4 Å². The Morgan fingerprint density at radius 3 is 2.65 bits per heavy atom. The first-order valence-corrected chi connectivity index (χ1v) is 5.96. The second kappa shape index (κ2) is 4.59. The van der Waals surface area contributed by atoms with Gasteiger partial charge in [-0.15, -0.1) is 11.3 Å². The number of aromatic carboxylic acids is 1. The van der Waals surface area contributed by atoms with Gasteiger partial charge >= 0.3 is 5.97 Å². The number of hydrogen-bond acceptors (Lipinski definition) is 3. The minimum absolute atomic E-state index is 0.266. The summed E-state index contributed by atoms with van der Waals surface area (Å²) in [5.74, 6) is -0.388. The average Bonchev–Trinajstić information content (AvgIpc) is 2.75. The maximum Gasteiger partial charge on any atom is 0.336 e. The Kier molecular flexibility index (Phi) is 3.15. The Balaban J connectivity index is 2.57. The molecule has 1 aromatic carbocycles. The summed E-state index contributed by atoms with van der Waals surface area (Å²) in [6.45, 7) is 2.00. The zero-order chi connectivity index (χ0) is 12.4. The first-order valence-electron chi connectivity index (χ1n) is 5.08. The Morgan fingerprint density at radius 2 is 2.12 bits per heavy atom. The number of thiophene rings is 1. The smallest absolute Gasteiger partial charge is 0.336 e. The summed E-state index contributed by atoms with van der Waals surface area (Å²) in [6, 6.07) is 7.09. The van der Waals surface area contributed by atoms with E-state index in [4.69, 9.17) is 4.74 Å². The molecule has 1 N–H and O–H groups in total. The second-order valence-corrected chi connectivity index (χ2v) is 4.78. The van der Waals surface area contributed by atoms with E-state index in [1.54, 1.807) is 29.5 Å². The van der Waals surface area contributed by atoms with E-state index in [2.05, 4.69) is 0 Å². The summed E-state index contributed by atoms with van der Waals surface area (Å²) in [5, 5.41) is 11.2. The van der Waals surface area contributed by atoms with Gasteiger partial charge in [-0.3, -0.25) is 0 Å². The highest BCUT2D eigenvalue weighted by Crippen LogP contribution is 2.30. The molecule has 0 aliphatic rings. The van der Waals surface area contributed by atoms with E-state index in [1.165, 1.54) is 7.11 Å². The fourth-order valence-electron chi connectivity index (χ4n) is 1.66. The fraction of sp³-hybridized carbons (Fsp3) is 0.154. The highest BCUT2D eigenvalue weighted by molar-refractivity contribution is 7.10. The van der Waals surface area contributed by atoms with Crippen molar-refractivity contribution in [3.05, 3.63) is 40.1 Å². The van der Waals surface area contributed by atoms with Crippen LogP contribution < -0.4 is 4.74 Å². The minimum atomic E-state index is -0.942. The molecule has 0 bridgehead atoms. The predicted molar refractivity (Wildman–Crippen MR) is 68.0 cm³/mol. The van der Waals surface area contributed by atoms with Crippen molar-refractivity contribution >= 4 is 17.3 Å². The van der Waals surface area contributed by atoms with Crippen molar-refractivity contribution < 1.29 is 14.6 Å². The lowest BCUT2D eigenvalue weighted by atomic mass is 10.0. The molecule has 0 saturated heterocycles. The summed E-state index contributed by atoms with van der Waals surface area (Å²) in [4.78, 5) is 12.4. The molecule has 4 heteroatoms. The average molecular weight is 248 g/mol. The Bertz CT molecular complexity index is 558. The van der Waals surface area contributed by atoms with E-state index in [9.17, 15) is 9.90 Å². The van der Waals surface area contributed by atoms with Crippen LogP contribution in [-0.4, -0.2) is 18.2 Å². The molecule has 88 valence electrons. The number of rotatable bonds is 3. The van der Waals surface area contributed by atoms with Crippen LogP contribution in [0.2, 0.25) is 0 Å². The van der Waals surface area contributed by atoms with Gasteiger partial charge in [0, 0.05) is 4.88 Å². The number of carboxylic acid groups (broad SMARTS) is 1. The van der Waals surface area contributed by atoms with Crippen LogP contribution in [0.4, 0.5) is 0 Å². The van der Waals surface area contributed by atoms with Gasteiger partial charge in [0.15, 0.2) is 0 Å². The van der Waals surface area contributed by atoms with Gasteiger partial charge in [0.1, 0.15) is 5.75 Å². The van der Waals surface area contributed by atoms with Gasteiger partial charge in [0.25, 0.3) is 0 Å². The van der Waals surface area contributed by atoms with Crippen LogP contribution >= 0.6 is 11.3 Å². The van der Waals surface area contributed by atoms with Crippen LogP contribution in [0.3, 0.4) is 0 Å². The number of benzene rings is 1. The zero-order valence-corrected chi connectivity index (χ0v) is 10.4. The van der Waals surface area contributed by atoms with Gasteiger partial charge in [0.2, 0.25) is 0 Å². The highest BCUT2D eigenvalue weighted by Gasteiger charge is 2.13. The van der Waals surface area contributed by atoms with Crippen LogP contribution in [0, 0.1) is 6.92 Å². The van der Waals surface area contributed by atoms with Crippen molar-refractivity contribution in [3.8, 4) is 16.9 Å². The van der Waals surface area contributed by atoms with Crippen molar-refractivity contribution in [2.75, 3.05) is 7.11 Å². The molecule has 2 aromatic rings. The number of ether oxygens (including phenoxy) is 1. The third kappa shape index (κ3) is 2.31. The van der Waals surface area contributed by atoms with Crippen molar-refractivity contribution in [1.29, 1.82) is 0 Å². The van der Waals surface area contributed by atoms with Crippen LogP contribution in [0.25, 0.3) is 11.1 Å².